The monoisotopic (exact) mass is 362 g/mol. The number of hydrogen-bond donors (Lipinski definition) is 4. The molecule has 27 heavy (non-hydrogen) atoms. The molecule has 0 saturated carbocycles. The number of aliphatic hydroxyl groups excluding tert-OH is 1. The molecule has 0 bridgehead atoms. The molecule has 3 heterocycles. The lowest BCUT2D eigenvalue weighted by atomic mass is 10.0. The van der Waals surface area contributed by atoms with Crippen LogP contribution in [0.3, 0.4) is 0 Å². The van der Waals surface area contributed by atoms with Gasteiger partial charge >= 0.3 is 5.97 Å². The number of aromatic amines is 1. The van der Waals surface area contributed by atoms with Crippen LogP contribution in [-0.4, -0.2) is 37.7 Å². The summed E-state index contributed by atoms with van der Waals surface area (Å²) in [5.74, 6) is -0.543. The summed E-state index contributed by atoms with van der Waals surface area (Å²) < 4.78 is 0. The number of nitrogens with one attached hydrogen (secondary N) is 2. The van der Waals surface area contributed by atoms with Crippen LogP contribution in [0.2, 0.25) is 0 Å². The van der Waals surface area contributed by atoms with Crippen molar-refractivity contribution in [2.24, 2.45) is 0 Å². The van der Waals surface area contributed by atoms with Crippen molar-refractivity contribution in [2.75, 3.05) is 11.9 Å². The van der Waals surface area contributed by atoms with Crippen LogP contribution in [0.5, 0.6) is 0 Å². The zero-order valence-corrected chi connectivity index (χ0v) is 14.7. The topological polar surface area (TPSA) is 111 Å². The largest absolute Gasteiger partial charge is 0.480 e. The molecule has 0 aliphatic rings. The second-order valence-electron chi connectivity index (χ2n) is 6.34. The van der Waals surface area contributed by atoms with E-state index in [1.165, 1.54) is 0 Å². The van der Waals surface area contributed by atoms with Crippen molar-refractivity contribution in [3.63, 3.8) is 0 Å². The predicted octanol–water partition coefficient (Wildman–Crippen LogP) is 3.08. The number of hydrogen-bond acceptors (Lipinski definition) is 5. The molecule has 0 aliphatic heterocycles. The molecule has 0 unspecified atom stereocenters. The number of aliphatic hydroxyl groups is 1. The Hall–Kier alpha value is -3.45. The molecule has 0 aliphatic carbocycles. The van der Waals surface area contributed by atoms with Crippen molar-refractivity contribution in [1.82, 2.24) is 15.0 Å². The fourth-order valence-corrected chi connectivity index (χ4v) is 3.23. The number of benzene rings is 1. The number of H-pyrrole nitrogens is 1. The van der Waals surface area contributed by atoms with Gasteiger partial charge in [0.05, 0.1) is 17.8 Å². The summed E-state index contributed by atoms with van der Waals surface area (Å²) in [4.78, 5) is 23.2. The molecule has 0 amide bonds. The highest BCUT2D eigenvalue weighted by molar-refractivity contribution is 5.96. The predicted molar refractivity (Wildman–Crippen MR) is 104 cm³/mol. The molecule has 4 rings (SSSR count). The number of nitrogens with zero attached hydrogens (tertiary/aromatic N) is 2. The molecule has 4 aromatic rings. The average molecular weight is 362 g/mol. The molecular formula is C20H18N4O3. The van der Waals surface area contributed by atoms with E-state index in [2.05, 4.69) is 15.3 Å². The number of para-hydroxylation sites is 1. The van der Waals surface area contributed by atoms with Gasteiger partial charge in [-0.15, -0.1) is 0 Å². The van der Waals surface area contributed by atoms with Crippen molar-refractivity contribution >= 4 is 33.7 Å². The van der Waals surface area contributed by atoms with Crippen LogP contribution in [0.15, 0.2) is 42.6 Å². The molecule has 1 aromatic carbocycles. The lowest BCUT2D eigenvalue weighted by molar-refractivity contribution is -0.134. The molecule has 0 saturated heterocycles. The van der Waals surface area contributed by atoms with Crippen LogP contribution in [0.1, 0.15) is 11.1 Å². The SMILES string of the molecule is Cc1cccc2cc(CO)c(-c3cc(NCC(=O)O)nc4[nH]ccc34)nc12. The van der Waals surface area contributed by atoms with Gasteiger partial charge in [0.1, 0.15) is 18.0 Å². The van der Waals surface area contributed by atoms with Gasteiger partial charge < -0.3 is 20.5 Å². The van der Waals surface area contributed by atoms with Crippen molar-refractivity contribution in [3.8, 4) is 11.3 Å². The number of carbonyl (C=O) groups is 1. The first-order valence-electron chi connectivity index (χ1n) is 8.51. The third kappa shape index (κ3) is 3.09. The number of anilines is 1. The molecule has 0 atom stereocenters. The zero-order valence-electron chi connectivity index (χ0n) is 14.7. The number of rotatable bonds is 5. The lowest BCUT2D eigenvalue weighted by Gasteiger charge is -2.13. The summed E-state index contributed by atoms with van der Waals surface area (Å²) >= 11 is 0. The first-order chi connectivity index (χ1) is 13.1. The number of pyridine rings is 2. The Balaban J connectivity index is 1.96. The normalized spacial score (nSPS) is 11.2. The van der Waals surface area contributed by atoms with E-state index in [1.807, 2.05) is 37.3 Å². The number of aliphatic carboxylic acids is 1. The molecule has 3 aromatic heterocycles. The van der Waals surface area contributed by atoms with Gasteiger partial charge in [0, 0.05) is 28.1 Å². The highest BCUT2D eigenvalue weighted by Gasteiger charge is 2.15. The van der Waals surface area contributed by atoms with Gasteiger partial charge in [0.2, 0.25) is 0 Å². The lowest BCUT2D eigenvalue weighted by Crippen LogP contribution is -2.13. The summed E-state index contributed by atoms with van der Waals surface area (Å²) in [5.41, 5.74) is 4.67. The third-order valence-electron chi connectivity index (χ3n) is 4.50. The fraction of sp³-hybridized carbons (Fsp3) is 0.150. The summed E-state index contributed by atoms with van der Waals surface area (Å²) in [6.07, 6.45) is 1.77. The molecule has 7 nitrogen and oxygen atoms in total. The van der Waals surface area contributed by atoms with Crippen LogP contribution in [0.25, 0.3) is 33.2 Å². The molecule has 0 radical (unpaired) electrons. The second kappa shape index (κ2) is 6.69. The summed E-state index contributed by atoms with van der Waals surface area (Å²) in [6, 6.07) is 11.5. The molecule has 0 spiro atoms. The van der Waals surface area contributed by atoms with Gasteiger partial charge in [0.25, 0.3) is 0 Å². The summed E-state index contributed by atoms with van der Waals surface area (Å²) in [6.45, 7) is 1.60. The van der Waals surface area contributed by atoms with Crippen LogP contribution in [0.4, 0.5) is 5.82 Å². The minimum Gasteiger partial charge on any atom is -0.480 e. The second-order valence-corrected chi connectivity index (χ2v) is 6.34. The van der Waals surface area contributed by atoms with Gasteiger partial charge in [-0.05, 0) is 30.7 Å². The van der Waals surface area contributed by atoms with Gasteiger partial charge in [-0.1, -0.05) is 18.2 Å². The smallest absolute Gasteiger partial charge is 0.322 e. The Morgan fingerprint density at radius 2 is 2.07 bits per heavy atom. The Kier molecular flexibility index (Phi) is 4.21. The average Bonchev–Trinajstić information content (AvgIpc) is 3.13. The fourth-order valence-electron chi connectivity index (χ4n) is 3.23. The van der Waals surface area contributed by atoms with Gasteiger partial charge in [-0.3, -0.25) is 4.79 Å². The molecule has 4 N–H and O–H groups in total. The quantitative estimate of drug-likeness (QED) is 0.434. The Morgan fingerprint density at radius 3 is 2.85 bits per heavy atom. The van der Waals surface area contributed by atoms with Gasteiger partial charge in [0.15, 0.2) is 0 Å². The molecule has 0 fully saturated rings. The standard InChI is InChI=1S/C20H18N4O3/c1-11-3-2-4-12-7-13(10-25)19(24-18(11)12)15-8-16(22-9-17(26)27)23-20-14(15)5-6-21-20/h2-8,25H,9-10H2,1H3,(H,26,27)(H2,21,22,23). The van der Waals surface area contributed by atoms with Crippen LogP contribution >= 0.6 is 0 Å². The van der Waals surface area contributed by atoms with E-state index in [1.54, 1.807) is 12.3 Å². The number of carboxylic acids is 1. The maximum absolute atomic E-state index is 10.9. The Labute approximate surface area is 154 Å². The maximum Gasteiger partial charge on any atom is 0.322 e. The van der Waals surface area contributed by atoms with Gasteiger partial charge in [-0.25, -0.2) is 9.97 Å². The van der Waals surface area contributed by atoms with E-state index in [4.69, 9.17) is 10.1 Å². The number of carboxylic acid groups (broad SMARTS) is 1. The molecule has 7 heteroatoms. The maximum atomic E-state index is 10.9. The van der Waals surface area contributed by atoms with E-state index in [9.17, 15) is 9.90 Å². The molecular weight excluding hydrogens is 344 g/mol. The minimum absolute atomic E-state index is 0.154. The van der Waals surface area contributed by atoms with Crippen molar-refractivity contribution in [3.05, 3.63) is 53.7 Å². The zero-order chi connectivity index (χ0) is 19.0. The highest BCUT2D eigenvalue weighted by atomic mass is 16.4. The van der Waals surface area contributed by atoms with Crippen LogP contribution in [0, 0.1) is 6.92 Å². The van der Waals surface area contributed by atoms with E-state index in [-0.39, 0.29) is 13.2 Å². The van der Waals surface area contributed by atoms with E-state index in [0.717, 1.165) is 27.4 Å². The number of fused-ring (bicyclic) bond motifs is 2. The van der Waals surface area contributed by atoms with Crippen molar-refractivity contribution in [2.45, 2.75) is 13.5 Å². The summed E-state index contributed by atoms with van der Waals surface area (Å²) in [7, 11) is 0. The first-order valence-corrected chi connectivity index (χ1v) is 8.51. The van der Waals surface area contributed by atoms with Crippen LogP contribution < -0.4 is 5.32 Å². The third-order valence-corrected chi connectivity index (χ3v) is 4.50. The number of aryl methyl sites for hydroxylation is 1. The first kappa shape index (κ1) is 17.0. The van der Waals surface area contributed by atoms with Gasteiger partial charge in [-0.2, -0.15) is 0 Å². The van der Waals surface area contributed by atoms with Crippen LogP contribution in [-0.2, 0) is 11.4 Å². The Morgan fingerprint density at radius 1 is 1.22 bits per heavy atom. The summed E-state index contributed by atoms with van der Waals surface area (Å²) in [5, 5.41) is 23.5. The molecule has 136 valence electrons. The minimum atomic E-state index is -0.972. The van der Waals surface area contributed by atoms with E-state index < -0.39 is 5.97 Å². The highest BCUT2D eigenvalue weighted by Crippen LogP contribution is 2.33. The van der Waals surface area contributed by atoms with Crippen molar-refractivity contribution in [1.29, 1.82) is 0 Å². The Bertz CT molecular complexity index is 1170. The number of aromatic nitrogens is 3. The van der Waals surface area contributed by atoms with E-state index in [0.29, 0.717) is 22.7 Å². The van der Waals surface area contributed by atoms with Crippen molar-refractivity contribution < 1.29 is 15.0 Å². The van der Waals surface area contributed by atoms with E-state index >= 15 is 0 Å².